The zero-order valence-electron chi connectivity index (χ0n) is 9.28. The molecule has 1 amide bonds. The van der Waals surface area contributed by atoms with Gasteiger partial charge in [-0.15, -0.1) is 0 Å². The number of hydrogen-bond donors (Lipinski definition) is 2. The summed E-state index contributed by atoms with van der Waals surface area (Å²) in [5, 5.41) is 6.20. The maximum Gasteiger partial charge on any atom is 0.221 e. The van der Waals surface area contributed by atoms with Gasteiger partial charge in [-0.2, -0.15) is 0 Å². The fourth-order valence-electron chi connectivity index (χ4n) is 1.46. The third-order valence-corrected chi connectivity index (χ3v) is 2.55. The molecular formula is C12H17N3O. The molecule has 0 spiro atoms. The first kappa shape index (κ1) is 11.1. The molecule has 0 radical (unpaired) electrons. The second-order valence-electron chi connectivity index (χ2n) is 4.12. The van der Waals surface area contributed by atoms with Gasteiger partial charge in [0.25, 0.3) is 0 Å². The summed E-state index contributed by atoms with van der Waals surface area (Å²) in [7, 11) is 0. The summed E-state index contributed by atoms with van der Waals surface area (Å²) in [6, 6.07) is 4.40. The van der Waals surface area contributed by atoms with Crippen molar-refractivity contribution in [1.29, 1.82) is 0 Å². The van der Waals surface area contributed by atoms with Crippen LogP contribution in [-0.4, -0.2) is 23.5 Å². The van der Waals surface area contributed by atoms with E-state index in [2.05, 4.69) is 15.6 Å². The molecule has 1 aromatic rings. The molecule has 0 aliphatic heterocycles. The smallest absolute Gasteiger partial charge is 0.221 e. The Bertz CT molecular complexity index is 335. The van der Waals surface area contributed by atoms with E-state index < -0.39 is 0 Å². The number of rotatable bonds is 6. The number of carbonyl (C=O) groups is 1. The van der Waals surface area contributed by atoms with Gasteiger partial charge in [-0.3, -0.25) is 9.78 Å². The molecule has 0 saturated heterocycles. The SMILES string of the molecule is O=C(CCNCc1ccncc1)NC1CC1. The topological polar surface area (TPSA) is 54.0 Å². The van der Waals surface area contributed by atoms with Crippen LogP contribution in [0.2, 0.25) is 0 Å². The number of hydrogen-bond acceptors (Lipinski definition) is 3. The highest BCUT2D eigenvalue weighted by Gasteiger charge is 2.22. The molecule has 1 aromatic heterocycles. The normalized spacial score (nSPS) is 14.8. The third kappa shape index (κ3) is 3.98. The molecule has 2 rings (SSSR count). The van der Waals surface area contributed by atoms with Crippen LogP contribution in [-0.2, 0) is 11.3 Å². The van der Waals surface area contributed by atoms with E-state index in [1.54, 1.807) is 12.4 Å². The minimum absolute atomic E-state index is 0.157. The van der Waals surface area contributed by atoms with Crippen LogP contribution in [0.4, 0.5) is 0 Å². The van der Waals surface area contributed by atoms with Crippen LogP contribution in [0, 0.1) is 0 Å². The summed E-state index contributed by atoms with van der Waals surface area (Å²) >= 11 is 0. The monoisotopic (exact) mass is 219 g/mol. The molecule has 0 bridgehead atoms. The Kier molecular flexibility index (Phi) is 3.88. The van der Waals surface area contributed by atoms with Crippen molar-refractivity contribution in [2.24, 2.45) is 0 Å². The van der Waals surface area contributed by atoms with E-state index in [9.17, 15) is 4.79 Å². The van der Waals surface area contributed by atoms with Gasteiger partial charge in [0.1, 0.15) is 0 Å². The molecular weight excluding hydrogens is 202 g/mol. The lowest BCUT2D eigenvalue weighted by Crippen LogP contribution is -2.28. The highest BCUT2D eigenvalue weighted by atomic mass is 16.1. The second kappa shape index (κ2) is 5.61. The summed E-state index contributed by atoms with van der Waals surface area (Å²) in [5.41, 5.74) is 1.19. The minimum atomic E-state index is 0.157. The number of amides is 1. The molecule has 2 N–H and O–H groups in total. The Balaban J connectivity index is 1.56. The van der Waals surface area contributed by atoms with Crippen molar-refractivity contribution in [1.82, 2.24) is 15.6 Å². The fraction of sp³-hybridized carbons (Fsp3) is 0.500. The Morgan fingerprint density at radius 2 is 2.12 bits per heavy atom. The number of pyridine rings is 1. The largest absolute Gasteiger partial charge is 0.353 e. The zero-order valence-corrected chi connectivity index (χ0v) is 9.28. The van der Waals surface area contributed by atoms with Crippen molar-refractivity contribution in [2.75, 3.05) is 6.54 Å². The zero-order chi connectivity index (χ0) is 11.2. The number of carbonyl (C=O) groups excluding carboxylic acids is 1. The van der Waals surface area contributed by atoms with Crippen molar-refractivity contribution in [3.05, 3.63) is 30.1 Å². The molecule has 86 valence electrons. The van der Waals surface area contributed by atoms with Crippen molar-refractivity contribution in [3.8, 4) is 0 Å². The summed E-state index contributed by atoms with van der Waals surface area (Å²) in [6.45, 7) is 1.51. The van der Waals surface area contributed by atoms with E-state index in [1.807, 2.05) is 12.1 Å². The van der Waals surface area contributed by atoms with E-state index >= 15 is 0 Å². The first-order chi connectivity index (χ1) is 7.84. The van der Waals surface area contributed by atoms with Crippen molar-refractivity contribution in [3.63, 3.8) is 0 Å². The third-order valence-electron chi connectivity index (χ3n) is 2.55. The Hall–Kier alpha value is -1.42. The van der Waals surface area contributed by atoms with Gasteiger partial charge in [-0.25, -0.2) is 0 Å². The van der Waals surface area contributed by atoms with Gasteiger partial charge >= 0.3 is 0 Å². The van der Waals surface area contributed by atoms with Gasteiger partial charge in [0.2, 0.25) is 5.91 Å². The lowest BCUT2D eigenvalue weighted by atomic mass is 10.2. The second-order valence-corrected chi connectivity index (χ2v) is 4.12. The van der Waals surface area contributed by atoms with Gasteiger partial charge in [-0.05, 0) is 30.5 Å². The van der Waals surface area contributed by atoms with Crippen LogP contribution in [0.25, 0.3) is 0 Å². The van der Waals surface area contributed by atoms with Crippen LogP contribution < -0.4 is 10.6 Å². The molecule has 1 saturated carbocycles. The predicted molar refractivity (Wildman–Crippen MR) is 61.7 cm³/mol. The minimum Gasteiger partial charge on any atom is -0.353 e. The first-order valence-corrected chi connectivity index (χ1v) is 5.73. The fourth-order valence-corrected chi connectivity index (χ4v) is 1.46. The number of nitrogens with one attached hydrogen (secondary N) is 2. The average Bonchev–Trinajstić information content (AvgIpc) is 3.10. The summed E-state index contributed by atoms with van der Waals surface area (Å²) < 4.78 is 0. The van der Waals surface area contributed by atoms with E-state index in [-0.39, 0.29) is 5.91 Å². The Morgan fingerprint density at radius 1 is 1.38 bits per heavy atom. The number of aromatic nitrogens is 1. The molecule has 1 aliphatic rings. The lowest BCUT2D eigenvalue weighted by molar-refractivity contribution is -0.121. The lowest BCUT2D eigenvalue weighted by Gasteiger charge is -2.05. The van der Waals surface area contributed by atoms with Gasteiger partial charge in [-0.1, -0.05) is 0 Å². The summed E-state index contributed by atoms with van der Waals surface area (Å²) in [4.78, 5) is 15.3. The molecule has 1 fully saturated rings. The maximum absolute atomic E-state index is 11.3. The Labute approximate surface area is 95.5 Å². The average molecular weight is 219 g/mol. The van der Waals surface area contributed by atoms with E-state index in [0.717, 1.165) is 25.9 Å². The van der Waals surface area contributed by atoms with Gasteiger partial charge in [0.15, 0.2) is 0 Å². The van der Waals surface area contributed by atoms with Crippen molar-refractivity contribution in [2.45, 2.75) is 31.8 Å². The van der Waals surface area contributed by atoms with Crippen LogP contribution in [0.5, 0.6) is 0 Å². The van der Waals surface area contributed by atoms with Crippen LogP contribution in [0.1, 0.15) is 24.8 Å². The predicted octanol–water partition coefficient (Wildman–Crippen LogP) is 0.840. The van der Waals surface area contributed by atoms with E-state index in [0.29, 0.717) is 12.5 Å². The Morgan fingerprint density at radius 3 is 2.81 bits per heavy atom. The molecule has 0 atom stereocenters. The number of nitrogens with zero attached hydrogens (tertiary/aromatic N) is 1. The first-order valence-electron chi connectivity index (χ1n) is 5.73. The van der Waals surface area contributed by atoms with E-state index in [1.165, 1.54) is 5.56 Å². The van der Waals surface area contributed by atoms with Gasteiger partial charge < -0.3 is 10.6 Å². The molecule has 16 heavy (non-hydrogen) atoms. The highest BCUT2D eigenvalue weighted by molar-refractivity contribution is 5.76. The molecule has 1 aliphatic carbocycles. The van der Waals surface area contributed by atoms with Crippen LogP contribution >= 0.6 is 0 Å². The standard InChI is InChI=1S/C12H17N3O/c16-12(15-11-1-2-11)5-8-14-9-10-3-6-13-7-4-10/h3-4,6-7,11,14H,1-2,5,8-9H2,(H,15,16). The van der Waals surface area contributed by atoms with Crippen molar-refractivity contribution >= 4 is 5.91 Å². The molecule has 1 heterocycles. The highest BCUT2D eigenvalue weighted by Crippen LogP contribution is 2.18. The van der Waals surface area contributed by atoms with Crippen LogP contribution in [0.3, 0.4) is 0 Å². The molecule has 0 aromatic carbocycles. The molecule has 4 heteroatoms. The molecule has 4 nitrogen and oxygen atoms in total. The summed E-state index contributed by atoms with van der Waals surface area (Å²) in [6.07, 6.45) is 6.40. The van der Waals surface area contributed by atoms with Gasteiger partial charge in [0.05, 0.1) is 0 Å². The maximum atomic E-state index is 11.3. The quantitative estimate of drug-likeness (QED) is 0.697. The summed E-state index contributed by atoms with van der Waals surface area (Å²) in [5.74, 6) is 0.157. The molecule has 0 unspecified atom stereocenters. The van der Waals surface area contributed by atoms with E-state index in [4.69, 9.17) is 0 Å². The van der Waals surface area contributed by atoms with Gasteiger partial charge in [0, 0.05) is 37.9 Å². The van der Waals surface area contributed by atoms with Crippen molar-refractivity contribution < 1.29 is 4.79 Å². The van der Waals surface area contributed by atoms with Crippen LogP contribution in [0.15, 0.2) is 24.5 Å².